The minimum atomic E-state index is 0.362. The average molecular weight is 195 g/mol. The van der Waals surface area contributed by atoms with E-state index >= 15 is 0 Å². The summed E-state index contributed by atoms with van der Waals surface area (Å²) < 4.78 is 0. The lowest BCUT2D eigenvalue weighted by Gasteiger charge is -2.16. The van der Waals surface area contributed by atoms with Crippen LogP contribution in [0.1, 0.15) is 5.56 Å². The van der Waals surface area contributed by atoms with Crippen LogP contribution in [0.4, 0.5) is 5.69 Å². The van der Waals surface area contributed by atoms with Crippen LogP contribution >= 0.6 is 12.2 Å². The van der Waals surface area contributed by atoms with Crippen molar-refractivity contribution in [2.45, 2.75) is 6.54 Å². The summed E-state index contributed by atoms with van der Waals surface area (Å²) in [5.74, 6) is 0. The predicted octanol–water partition coefficient (Wildman–Crippen LogP) is 0.825. The Balaban J connectivity index is 2.85. The normalized spacial score (nSPS) is 9.69. The van der Waals surface area contributed by atoms with Gasteiger partial charge in [0, 0.05) is 19.3 Å². The molecular formula is C9H13N3S. The van der Waals surface area contributed by atoms with E-state index in [1.54, 1.807) is 4.90 Å². The minimum Gasteiger partial charge on any atom is -0.376 e. The Morgan fingerprint density at radius 1 is 1.38 bits per heavy atom. The van der Waals surface area contributed by atoms with Gasteiger partial charge in [-0.15, -0.1) is 0 Å². The molecule has 1 aromatic rings. The van der Waals surface area contributed by atoms with Crippen molar-refractivity contribution in [1.82, 2.24) is 0 Å². The van der Waals surface area contributed by atoms with Crippen molar-refractivity contribution in [3.63, 3.8) is 0 Å². The first-order valence-corrected chi connectivity index (χ1v) is 4.38. The van der Waals surface area contributed by atoms with Gasteiger partial charge >= 0.3 is 0 Å². The van der Waals surface area contributed by atoms with E-state index in [4.69, 9.17) is 23.7 Å². The summed E-state index contributed by atoms with van der Waals surface area (Å²) in [7, 11) is 1.83. The fourth-order valence-electron chi connectivity index (χ4n) is 0.983. The minimum absolute atomic E-state index is 0.362. The number of anilines is 1. The van der Waals surface area contributed by atoms with Crippen molar-refractivity contribution in [3.05, 3.63) is 29.8 Å². The molecule has 70 valence electrons. The van der Waals surface area contributed by atoms with E-state index < -0.39 is 0 Å². The zero-order valence-electron chi connectivity index (χ0n) is 7.53. The molecule has 0 bridgehead atoms. The van der Waals surface area contributed by atoms with E-state index in [9.17, 15) is 0 Å². The Morgan fingerprint density at radius 3 is 2.31 bits per heavy atom. The van der Waals surface area contributed by atoms with Crippen molar-refractivity contribution in [2.75, 3.05) is 11.9 Å². The molecule has 13 heavy (non-hydrogen) atoms. The molecule has 0 spiro atoms. The zero-order chi connectivity index (χ0) is 9.84. The van der Waals surface area contributed by atoms with Gasteiger partial charge in [-0.25, -0.2) is 0 Å². The molecule has 0 aliphatic carbocycles. The van der Waals surface area contributed by atoms with Gasteiger partial charge in [-0.3, -0.25) is 0 Å². The van der Waals surface area contributed by atoms with Gasteiger partial charge in [0.25, 0.3) is 0 Å². The third-order valence-corrected chi connectivity index (χ3v) is 2.16. The standard InChI is InChI=1S/C9H13N3S/c1-12(9(11)13)8-4-2-7(6-10)3-5-8/h2-5H,6,10H2,1H3,(H2,11,13). The number of nitrogens with two attached hydrogens (primary N) is 2. The van der Waals surface area contributed by atoms with E-state index in [-0.39, 0.29) is 0 Å². The number of thiocarbonyl (C=S) groups is 1. The molecule has 0 radical (unpaired) electrons. The first kappa shape index (κ1) is 9.95. The summed E-state index contributed by atoms with van der Waals surface area (Å²) in [6.45, 7) is 0.553. The first-order valence-electron chi connectivity index (χ1n) is 3.97. The molecule has 0 fully saturated rings. The van der Waals surface area contributed by atoms with E-state index in [0.717, 1.165) is 11.3 Å². The molecule has 0 atom stereocenters. The molecule has 0 aromatic heterocycles. The zero-order valence-corrected chi connectivity index (χ0v) is 8.34. The molecule has 1 rings (SSSR count). The van der Waals surface area contributed by atoms with Gasteiger partial charge in [-0.1, -0.05) is 12.1 Å². The van der Waals surface area contributed by atoms with Crippen LogP contribution in [0.5, 0.6) is 0 Å². The highest BCUT2D eigenvalue weighted by Crippen LogP contribution is 2.12. The maximum absolute atomic E-state index is 5.47. The summed E-state index contributed by atoms with van der Waals surface area (Å²) >= 11 is 4.84. The molecule has 4 heteroatoms. The lowest BCUT2D eigenvalue weighted by atomic mass is 10.2. The molecule has 0 saturated carbocycles. The van der Waals surface area contributed by atoms with Crippen molar-refractivity contribution < 1.29 is 0 Å². The monoisotopic (exact) mass is 195 g/mol. The van der Waals surface area contributed by atoms with Gasteiger partial charge in [0.15, 0.2) is 5.11 Å². The SMILES string of the molecule is CN(C(N)=S)c1ccc(CN)cc1. The van der Waals surface area contributed by atoms with E-state index in [1.807, 2.05) is 31.3 Å². The number of nitrogens with zero attached hydrogens (tertiary/aromatic N) is 1. The van der Waals surface area contributed by atoms with E-state index in [0.29, 0.717) is 11.7 Å². The average Bonchev–Trinajstić information content (AvgIpc) is 2.17. The second kappa shape index (κ2) is 4.20. The molecule has 0 heterocycles. The third kappa shape index (κ3) is 2.40. The summed E-state index contributed by atoms with van der Waals surface area (Å²) in [5.41, 5.74) is 13.0. The third-order valence-electron chi connectivity index (χ3n) is 1.89. The van der Waals surface area contributed by atoms with Crippen LogP contribution in [0.3, 0.4) is 0 Å². The van der Waals surface area contributed by atoms with Crippen molar-refractivity contribution in [1.29, 1.82) is 0 Å². The molecule has 0 aliphatic heterocycles. The van der Waals surface area contributed by atoms with Gasteiger partial charge in [0.1, 0.15) is 0 Å². The Morgan fingerprint density at radius 2 is 1.92 bits per heavy atom. The van der Waals surface area contributed by atoms with Crippen LogP contribution in [0.15, 0.2) is 24.3 Å². The van der Waals surface area contributed by atoms with Crippen LogP contribution in [-0.2, 0) is 6.54 Å². The van der Waals surface area contributed by atoms with Crippen LogP contribution < -0.4 is 16.4 Å². The number of hydrogen-bond acceptors (Lipinski definition) is 2. The second-order valence-electron chi connectivity index (χ2n) is 2.77. The topological polar surface area (TPSA) is 55.3 Å². The summed E-state index contributed by atoms with van der Waals surface area (Å²) in [4.78, 5) is 1.75. The highest BCUT2D eigenvalue weighted by Gasteiger charge is 2.01. The lowest BCUT2D eigenvalue weighted by molar-refractivity contribution is 1.07. The van der Waals surface area contributed by atoms with Gasteiger partial charge in [0.2, 0.25) is 0 Å². The molecule has 0 saturated heterocycles. The smallest absolute Gasteiger partial charge is 0.170 e. The van der Waals surface area contributed by atoms with Gasteiger partial charge in [-0.05, 0) is 29.9 Å². The van der Waals surface area contributed by atoms with Gasteiger partial charge in [0.05, 0.1) is 0 Å². The highest BCUT2D eigenvalue weighted by molar-refractivity contribution is 7.80. The Labute approximate surface area is 83.3 Å². The van der Waals surface area contributed by atoms with E-state index in [1.165, 1.54) is 0 Å². The Bertz CT molecular complexity index is 294. The van der Waals surface area contributed by atoms with Crippen molar-refractivity contribution in [2.24, 2.45) is 11.5 Å². The summed E-state index contributed by atoms with van der Waals surface area (Å²) in [6, 6.07) is 7.82. The quantitative estimate of drug-likeness (QED) is 0.686. The van der Waals surface area contributed by atoms with Crippen LogP contribution in [0, 0.1) is 0 Å². The van der Waals surface area contributed by atoms with E-state index in [2.05, 4.69) is 0 Å². The van der Waals surface area contributed by atoms with Crippen LogP contribution in [0.2, 0.25) is 0 Å². The van der Waals surface area contributed by atoms with Crippen molar-refractivity contribution >= 4 is 23.0 Å². The molecule has 3 nitrogen and oxygen atoms in total. The van der Waals surface area contributed by atoms with Crippen molar-refractivity contribution in [3.8, 4) is 0 Å². The first-order chi connectivity index (χ1) is 6.15. The summed E-state index contributed by atoms with van der Waals surface area (Å²) in [5, 5.41) is 0.362. The second-order valence-corrected chi connectivity index (χ2v) is 3.19. The summed E-state index contributed by atoms with van der Waals surface area (Å²) in [6.07, 6.45) is 0. The number of rotatable bonds is 2. The highest BCUT2D eigenvalue weighted by atomic mass is 32.1. The predicted molar refractivity (Wildman–Crippen MR) is 59.5 cm³/mol. The number of hydrogen-bond donors (Lipinski definition) is 2. The largest absolute Gasteiger partial charge is 0.376 e. The molecule has 4 N–H and O–H groups in total. The fraction of sp³-hybridized carbons (Fsp3) is 0.222. The fourth-order valence-corrected chi connectivity index (χ4v) is 1.09. The van der Waals surface area contributed by atoms with Crippen LogP contribution in [0.25, 0.3) is 0 Å². The maximum Gasteiger partial charge on any atom is 0.170 e. The Hall–Kier alpha value is -1.13. The molecular weight excluding hydrogens is 182 g/mol. The maximum atomic E-state index is 5.47. The molecule has 0 unspecified atom stereocenters. The number of benzene rings is 1. The van der Waals surface area contributed by atoms with Gasteiger partial charge in [-0.2, -0.15) is 0 Å². The molecule has 1 aromatic carbocycles. The lowest BCUT2D eigenvalue weighted by Crippen LogP contribution is -2.31. The van der Waals surface area contributed by atoms with Gasteiger partial charge < -0.3 is 16.4 Å². The Kier molecular flexibility index (Phi) is 3.22. The molecule has 0 amide bonds. The van der Waals surface area contributed by atoms with Crippen LogP contribution in [-0.4, -0.2) is 12.2 Å². The molecule has 0 aliphatic rings.